The topological polar surface area (TPSA) is 47.1 Å². The van der Waals surface area contributed by atoms with Crippen LogP contribution in [0.2, 0.25) is 0 Å². The van der Waals surface area contributed by atoms with Crippen LogP contribution in [0.4, 0.5) is 26.3 Å². The first-order chi connectivity index (χ1) is 13.9. The van der Waals surface area contributed by atoms with E-state index >= 15 is 0 Å². The Balaban J connectivity index is 1.64. The molecule has 0 bridgehead atoms. The molecule has 0 spiro atoms. The molecule has 1 aromatic heterocycles. The number of nitrogens with one attached hydrogen (secondary N) is 1. The molecule has 2 heterocycles. The quantitative estimate of drug-likeness (QED) is 0.531. The van der Waals surface area contributed by atoms with Gasteiger partial charge < -0.3 is 9.47 Å². The Labute approximate surface area is 173 Å². The zero-order chi connectivity index (χ0) is 22.0. The Morgan fingerprint density at radius 3 is 2.70 bits per heavy atom. The highest BCUT2D eigenvalue weighted by Crippen LogP contribution is 2.46. The average molecular weight is 454 g/mol. The molecule has 1 fully saturated rings. The molecular weight excluding hydrogens is 434 g/mol. The Morgan fingerprint density at radius 2 is 2.00 bits per heavy atom. The number of hydrogen-bond donors (Lipinski definition) is 1. The number of benzene rings is 1. The maximum absolute atomic E-state index is 13.0. The number of ether oxygens (including phenoxy) is 2. The average Bonchev–Trinajstić information content (AvgIpc) is 3.09. The lowest BCUT2D eigenvalue weighted by atomic mass is 9.95. The minimum atomic E-state index is -4.41. The van der Waals surface area contributed by atoms with Gasteiger partial charge in [-0.1, -0.05) is 6.07 Å². The highest BCUT2D eigenvalue weighted by atomic mass is 32.2. The van der Waals surface area contributed by atoms with Gasteiger partial charge in [0.15, 0.2) is 0 Å². The summed E-state index contributed by atoms with van der Waals surface area (Å²) in [6.45, 7) is 1.80. The van der Waals surface area contributed by atoms with Gasteiger partial charge in [0.25, 0.3) is 0 Å². The summed E-state index contributed by atoms with van der Waals surface area (Å²) in [7, 11) is 0. The van der Waals surface area contributed by atoms with Crippen LogP contribution in [0.1, 0.15) is 43.5 Å². The fraction of sp³-hybridized carbons (Fsp3) is 0.526. The molecule has 1 aliphatic heterocycles. The zero-order valence-electron chi connectivity index (χ0n) is 15.9. The Bertz CT molecular complexity index is 854. The molecule has 1 saturated heterocycles. The molecule has 4 nitrogen and oxygen atoms in total. The van der Waals surface area contributed by atoms with E-state index in [9.17, 15) is 26.3 Å². The number of aromatic nitrogens is 2. The van der Waals surface area contributed by atoms with Gasteiger partial charge in [-0.15, -0.1) is 16.9 Å². The third-order valence-electron chi connectivity index (χ3n) is 4.65. The van der Waals surface area contributed by atoms with Gasteiger partial charge in [-0.05, 0) is 38.0 Å². The normalized spacial score (nSPS) is 22.8. The van der Waals surface area contributed by atoms with E-state index in [0.717, 1.165) is 12.1 Å². The number of hydrogen-bond acceptors (Lipinski definition) is 4. The highest BCUT2D eigenvalue weighted by molar-refractivity contribution is 8.00. The second-order valence-electron chi connectivity index (χ2n) is 7.27. The van der Waals surface area contributed by atoms with Crippen molar-refractivity contribution in [3.05, 3.63) is 41.6 Å². The summed E-state index contributed by atoms with van der Waals surface area (Å²) in [6.07, 6.45) is -9.11. The molecule has 1 N–H and O–H groups in total. The predicted molar refractivity (Wildman–Crippen MR) is 98.4 cm³/mol. The van der Waals surface area contributed by atoms with Gasteiger partial charge in [-0.2, -0.15) is 26.3 Å². The van der Waals surface area contributed by atoms with E-state index in [-0.39, 0.29) is 5.88 Å². The molecule has 0 aliphatic carbocycles. The van der Waals surface area contributed by atoms with Crippen LogP contribution in [-0.2, 0) is 10.9 Å². The van der Waals surface area contributed by atoms with E-state index in [1.807, 2.05) is 6.92 Å². The zero-order valence-corrected chi connectivity index (χ0v) is 16.8. The van der Waals surface area contributed by atoms with Crippen LogP contribution in [0.25, 0.3) is 0 Å². The molecule has 2 atom stereocenters. The largest absolute Gasteiger partial charge is 0.476 e. The molecule has 0 amide bonds. The number of H-pyrrole nitrogens is 1. The molecule has 11 heteroatoms. The molecule has 1 aromatic carbocycles. The van der Waals surface area contributed by atoms with E-state index in [4.69, 9.17) is 9.47 Å². The summed E-state index contributed by atoms with van der Waals surface area (Å²) in [5, 5.41) is 6.57. The lowest BCUT2D eigenvalue weighted by Gasteiger charge is -2.37. The fourth-order valence-corrected chi connectivity index (χ4v) is 4.43. The highest BCUT2D eigenvalue weighted by Gasteiger charge is 2.37. The third-order valence-corrected chi connectivity index (χ3v) is 6.00. The first-order valence-electron chi connectivity index (χ1n) is 9.16. The summed E-state index contributed by atoms with van der Waals surface area (Å²) in [4.78, 5) is 0.508. The Hall–Kier alpha value is -1.88. The van der Waals surface area contributed by atoms with E-state index in [2.05, 4.69) is 10.2 Å². The molecule has 30 heavy (non-hydrogen) atoms. The van der Waals surface area contributed by atoms with Crippen LogP contribution in [0.5, 0.6) is 5.88 Å². The fourth-order valence-electron chi connectivity index (χ4n) is 3.11. The Kier molecular flexibility index (Phi) is 6.61. The lowest BCUT2D eigenvalue weighted by molar-refractivity contribution is -0.140. The van der Waals surface area contributed by atoms with E-state index < -0.39 is 41.8 Å². The first-order valence-corrected chi connectivity index (χ1v) is 9.98. The number of nitrogens with zero attached hydrogens (tertiary/aromatic N) is 1. The number of aromatic amines is 1. The molecular formula is C19H20F6N2O2S. The van der Waals surface area contributed by atoms with Crippen molar-refractivity contribution in [3.8, 4) is 5.88 Å². The second-order valence-corrected chi connectivity index (χ2v) is 8.93. The van der Waals surface area contributed by atoms with Crippen molar-refractivity contribution in [3.63, 3.8) is 0 Å². The number of rotatable bonds is 6. The second kappa shape index (κ2) is 8.70. The summed E-state index contributed by atoms with van der Waals surface area (Å²) < 4.78 is 85.9. The van der Waals surface area contributed by atoms with Crippen LogP contribution < -0.4 is 4.74 Å². The van der Waals surface area contributed by atoms with Gasteiger partial charge in [0.05, 0.1) is 24.3 Å². The van der Waals surface area contributed by atoms with Crippen LogP contribution >= 0.6 is 11.8 Å². The molecule has 0 saturated carbocycles. The van der Waals surface area contributed by atoms with Gasteiger partial charge >= 0.3 is 12.4 Å². The van der Waals surface area contributed by atoms with Crippen LogP contribution in [0, 0.1) is 0 Å². The van der Waals surface area contributed by atoms with Crippen LogP contribution in [0.3, 0.4) is 0 Å². The van der Waals surface area contributed by atoms with Gasteiger partial charge in [-0.25, -0.2) is 0 Å². The standard InChI is InChI=1S/C19H20F6N2O2S/c1-17(30-13-4-2-3-12(9-13)19(23,24)25)5-7-28-15(11-17)14-10-16(27-26-14)29-8-6-18(20,21)22/h2-4,9-10,15H,5-8,11H2,1H3,(H,26,27). The summed E-state index contributed by atoms with van der Waals surface area (Å²) >= 11 is 1.35. The van der Waals surface area contributed by atoms with Crippen molar-refractivity contribution in [1.29, 1.82) is 0 Å². The molecule has 2 unspecified atom stereocenters. The van der Waals surface area contributed by atoms with Gasteiger partial charge in [-0.3, -0.25) is 5.10 Å². The number of thioether (sulfide) groups is 1. The van der Waals surface area contributed by atoms with Crippen molar-refractivity contribution in [1.82, 2.24) is 10.2 Å². The van der Waals surface area contributed by atoms with Gasteiger partial charge in [0.2, 0.25) is 5.88 Å². The van der Waals surface area contributed by atoms with Crippen molar-refractivity contribution in [2.24, 2.45) is 0 Å². The van der Waals surface area contributed by atoms with Gasteiger partial charge in [0, 0.05) is 22.3 Å². The molecule has 2 aromatic rings. The third kappa shape index (κ3) is 6.31. The van der Waals surface area contributed by atoms with Gasteiger partial charge in [0.1, 0.15) is 6.10 Å². The van der Waals surface area contributed by atoms with E-state index in [1.165, 1.54) is 23.9 Å². The van der Waals surface area contributed by atoms with Crippen LogP contribution in [0.15, 0.2) is 35.2 Å². The van der Waals surface area contributed by atoms with Crippen LogP contribution in [-0.4, -0.2) is 34.3 Å². The predicted octanol–water partition coefficient (Wildman–Crippen LogP) is 6.16. The maximum Gasteiger partial charge on any atom is 0.416 e. The SMILES string of the molecule is CC1(Sc2cccc(C(F)(F)F)c2)CCOC(c2cc(OCCC(F)(F)F)n[nH]2)C1. The molecule has 1 aliphatic rings. The molecule has 0 radical (unpaired) electrons. The first kappa shape index (κ1) is 22.8. The molecule has 166 valence electrons. The van der Waals surface area contributed by atoms with E-state index in [0.29, 0.717) is 30.0 Å². The minimum Gasteiger partial charge on any atom is -0.476 e. The summed E-state index contributed by atoms with van der Waals surface area (Å²) in [5.41, 5.74) is -0.151. The van der Waals surface area contributed by atoms with Crippen molar-refractivity contribution < 1.29 is 35.8 Å². The summed E-state index contributed by atoms with van der Waals surface area (Å²) in [6, 6.07) is 6.66. The summed E-state index contributed by atoms with van der Waals surface area (Å²) in [5.74, 6) is 0.0376. The Morgan fingerprint density at radius 1 is 1.23 bits per heavy atom. The minimum absolute atomic E-state index is 0.0376. The lowest BCUT2D eigenvalue weighted by Crippen LogP contribution is -2.32. The van der Waals surface area contributed by atoms with Crippen molar-refractivity contribution in [2.75, 3.05) is 13.2 Å². The molecule has 3 rings (SSSR count). The smallest absolute Gasteiger partial charge is 0.416 e. The monoisotopic (exact) mass is 454 g/mol. The maximum atomic E-state index is 13.0. The van der Waals surface area contributed by atoms with Crippen molar-refractivity contribution >= 4 is 11.8 Å². The number of alkyl halides is 6. The van der Waals surface area contributed by atoms with E-state index in [1.54, 1.807) is 6.07 Å². The van der Waals surface area contributed by atoms with Crippen molar-refractivity contribution in [2.45, 2.75) is 54.3 Å². The number of halogens is 6.